The zero-order valence-corrected chi connectivity index (χ0v) is 12.5. The first-order chi connectivity index (χ1) is 9.25. The quantitative estimate of drug-likeness (QED) is 0.568. The maximum Gasteiger partial charge on any atom is 0.171 e. The maximum atomic E-state index is 11.9. The van der Waals surface area contributed by atoms with Gasteiger partial charge < -0.3 is 0 Å². The lowest BCUT2D eigenvalue weighted by molar-refractivity contribution is -0.114. The summed E-state index contributed by atoms with van der Waals surface area (Å²) >= 11 is 9.04. The predicted octanol–water partition coefficient (Wildman–Crippen LogP) is 4.71. The first-order valence-corrected chi connectivity index (χ1v) is 8.12. The maximum absolute atomic E-state index is 11.9. The van der Waals surface area contributed by atoms with Crippen molar-refractivity contribution in [3.63, 3.8) is 0 Å². The minimum atomic E-state index is -0.529. The summed E-state index contributed by atoms with van der Waals surface area (Å²) in [5, 5.41) is 0. The van der Waals surface area contributed by atoms with E-state index in [1.807, 2.05) is 60.7 Å². The fourth-order valence-electron chi connectivity index (χ4n) is 1.42. The summed E-state index contributed by atoms with van der Waals surface area (Å²) in [7, 11) is 0. The molecule has 0 heterocycles. The lowest BCUT2D eigenvalue weighted by Crippen LogP contribution is -2.12. The first kappa shape index (κ1) is 14.5. The van der Waals surface area contributed by atoms with Crippen molar-refractivity contribution in [2.45, 2.75) is 14.5 Å². The van der Waals surface area contributed by atoms with Gasteiger partial charge in [0.05, 0.1) is 5.75 Å². The van der Waals surface area contributed by atoms with Gasteiger partial charge in [-0.25, -0.2) is 0 Å². The molecule has 0 saturated carbocycles. The van der Waals surface area contributed by atoms with Crippen LogP contribution in [0.1, 0.15) is 0 Å². The number of hydrogen-bond acceptors (Lipinski definition) is 3. The third kappa shape index (κ3) is 4.94. The fourth-order valence-corrected chi connectivity index (χ4v) is 3.60. The van der Waals surface area contributed by atoms with Crippen LogP contribution < -0.4 is 0 Å². The molecular formula is C15H13ClOS2. The lowest BCUT2D eigenvalue weighted by atomic mass is 10.4. The number of ketones is 1. The Morgan fingerprint density at radius 3 is 2.05 bits per heavy atom. The van der Waals surface area contributed by atoms with E-state index in [9.17, 15) is 4.79 Å². The van der Waals surface area contributed by atoms with Crippen LogP contribution >= 0.6 is 35.1 Å². The summed E-state index contributed by atoms with van der Waals surface area (Å²) in [6, 6.07) is 19.6. The van der Waals surface area contributed by atoms with E-state index in [2.05, 4.69) is 0 Å². The van der Waals surface area contributed by atoms with E-state index in [-0.39, 0.29) is 5.78 Å². The number of hydrogen-bond donors (Lipinski definition) is 0. The topological polar surface area (TPSA) is 17.1 Å². The molecule has 0 spiro atoms. The molecule has 2 aromatic rings. The Morgan fingerprint density at radius 2 is 1.47 bits per heavy atom. The van der Waals surface area contributed by atoms with Crippen LogP contribution in [0, 0.1) is 0 Å². The van der Waals surface area contributed by atoms with E-state index in [1.54, 1.807) is 0 Å². The second kappa shape index (κ2) is 7.63. The van der Waals surface area contributed by atoms with Crippen LogP contribution in [0.4, 0.5) is 0 Å². The largest absolute Gasteiger partial charge is 0.296 e. The van der Waals surface area contributed by atoms with Gasteiger partial charge in [-0.05, 0) is 24.3 Å². The molecule has 1 atom stereocenters. The van der Waals surface area contributed by atoms with E-state index in [1.165, 1.54) is 23.5 Å². The number of benzene rings is 2. The van der Waals surface area contributed by atoms with Gasteiger partial charge in [0.2, 0.25) is 0 Å². The Hall–Kier alpha value is -0.900. The molecule has 0 fully saturated rings. The van der Waals surface area contributed by atoms with Crippen molar-refractivity contribution in [1.82, 2.24) is 0 Å². The fraction of sp³-hybridized carbons (Fsp3) is 0.133. The predicted molar refractivity (Wildman–Crippen MR) is 84.1 cm³/mol. The van der Waals surface area contributed by atoms with Gasteiger partial charge in [0.1, 0.15) is 4.71 Å². The lowest BCUT2D eigenvalue weighted by Gasteiger charge is -2.08. The molecule has 0 saturated heterocycles. The summed E-state index contributed by atoms with van der Waals surface area (Å²) < 4.78 is -0.529. The summed E-state index contributed by atoms with van der Waals surface area (Å²) in [5.74, 6) is 0.447. The molecule has 0 aliphatic carbocycles. The normalized spacial score (nSPS) is 12.1. The minimum absolute atomic E-state index is 0.0457. The van der Waals surface area contributed by atoms with Crippen LogP contribution in [0.25, 0.3) is 0 Å². The SMILES string of the molecule is O=C(CSc1ccccc1)C(Cl)Sc1ccccc1. The second-order valence-electron chi connectivity index (χ2n) is 3.81. The van der Waals surface area contributed by atoms with Crippen molar-refractivity contribution >= 4 is 40.9 Å². The molecule has 0 aliphatic rings. The van der Waals surface area contributed by atoms with Crippen LogP contribution in [0.3, 0.4) is 0 Å². The Kier molecular flexibility index (Phi) is 5.83. The zero-order chi connectivity index (χ0) is 13.5. The number of alkyl halides is 1. The van der Waals surface area contributed by atoms with Crippen molar-refractivity contribution in [2.24, 2.45) is 0 Å². The summed E-state index contributed by atoms with van der Waals surface area (Å²) in [6.45, 7) is 0. The second-order valence-corrected chi connectivity index (χ2v) is 6.74. The van der Waals surface area contributed by atoms with E-state index in [0.29, 0.717) is 5.75 Å². The monoisotopic (exact) mass is 308 g/mol. The molecule has 0 N–H and O–H groups in total. The number of carbonyl (C=O) groups is 1. The Balaban J connectivity index is 1.83. The molecule has 1 unspecified atom stereocenters. The van der Waals surface area contributed by atoms with Crippen molar-refractivity contribution in [1.29, 1.82) is 0 Å². The molecule has 0 bridgehead atoms. The molecule has 98 valence electrons. The van der Waals surface area contributed by atoms with Crippen LogP contribution in [-0.2, 0) is 4.79 Å². The molecule has 4 heteroatoms. The summed E-state index contributed by atoms with van der Waals surface area (Å²) in [5.41, 5.74) is 0. The van der Waals surface area contributed by atoms with Crippen molar-refractivity contribution < 1.29 is 4.79 Å². The van der Waals surface area contributed by atoms with Crippen molar-refractivity contribution in [3.05, 3.63) is 60.7 Å². The number of thioether (sulfide) groups is 2. The molecular weight excluding hydrogens is 296 g/mol. The molecule has 0 aromatic heterocycles. The zero-order valence-electron chi connectivity index (χ0n) is 10.2. The van der Waals surface area contributed by atoms with Gasteiger partial charge in [-0.2, -0.15) is 0 Å². The molecule has 2 rings (SSSR count). The average molecular weight is 309 g/mol. The molecule has 1 nitrogen and oxygen atoms in total. The van der Waals surface area contributed by atoms with Crippen LogP contribution in [-0.4, -0.2) is 16.2 Å². The highest BCUT2D eigenvalue weighted by Crippen LogP contribution is 2.28. The smallest absolute Gasteiger partial charge is 0.171 e. The molecule has 2 aromatic carbocycles. The van der Waals surface area contributed by atoms with Crippen molar-refractivity contribution in [2.75, 3.05) is 5.75 Å². The van der Waals surface area contributed by atoms with E-state index in [0.717, 1.165) is 9.79 Å². The van der Waals surface area contributed by atoms with Crippen LogP contribution in [0.15, 0.2) is 70.5 Å². The molecule has 0 radical (unpaired) electrons. The summed E-state index contributed by atoms with van der Waals surface area (Å²) in [4.78, 5) is 14.0. The van der Waals surface area contributed by atoms with Gasteiger partial charge in [0.15, 0.2) is 5.78 Å². The van der Waals surface area contributed by atoms with E-state index in [4.69, 9.17) is 11.6 Å². The highest BCUT2D eigenvalue weighted by molar-refractivity contribution is 8.02. The van der Waals surface area contributed by atoms with Gasteiger partial charge in [-0.15, -0.1) is 23.4 Å². The minimum Gasteiger partial charge on any atom is -0.296 e. The Morgan fingerprint density at radius 1 is 0.947 bits per heavy atom. The van der Waals surface area contributed by atoms with Crippen molar-refractivity contribution in [3.8, 4) is 0 Å². The molecule has 19 heavy (non-hydrogen) atoms. The Bertz CT molecular complexity index is 516. The van der Waals surface area contributed by atoms with E-state index >= 15 is 0 Å². The van der Waals surface area contributed by atoms with Crippen LogP contribution in [0.5, 0.6) is 0 Å². The van der Waals surface area contributed by atoms with Gasteiger partial charge in [-0.3, -0.25) is 4.79 Å². The van der Waals surface area contributed by atoms with Crippen LogP contribution in [0.2, 0.25) is 0 Å². The van der Waals surface area contributed by atoms with E-state index < -0.39 is 4.71 Å². The molecule has 0 aliphatic heterocycles. The average Bonchev–Trinajstić information content (AvgIpc) is 2.47. The number of Topliss-reactive ketones (excluding diaryl/α,β-unsaturated/α-hetero) is 1. The summed E-state index contributed by atoms with van der Waals surface area (Å²) in [6.07, 6.45) is 0. The first-order valence-electron chi connectivity index (χ1n) is 5.82. The third-order valence-electron chi connectivity index (χ3n) is 2.36. The van der Waals surface area contributed by atoms with Gasteiger partial charge in [0, 0.05) is 9.79 Å². The molecule has 0 amide bonds. The standard InChI is InChI=1S/C15H13ClOS2/c16-15(19-13-9-5-2-6-10-13)14(17)11-18-12-7-3-1-4-8-12/h1-10,15H,11H2. The number of carbonyl (C=O) groups excluding carboxylic acids is 1. The number of halogens is 1. The number of rotatable bonds is 6. The highest BCUT2D eigenvalue weighted by Gasteiger charge is 2.16. The van der Waals surface area contributed by atoms with Gasteiger partial charge >= 0.3 is 0 Å². The van der Waals surface area contributed by atoms with Gasteiger partial charge in [0.25, 0.3) is 0 Å². The highest BCUT2D eigenvalue weighted by atomic mass is 35.5. The van der Waals surface area contributed by atoms with Gasteiger partial charge in [-0.1, -0.05) is 48.2 Å². The third-order valence-corrected chi connectivity index (χ3v) is 4.92. The Labute approximate surface area is 126 Å².